The van der Waals surface area contributed by atoms with Crippen molar-refractivity contribution in [2.75, 3.05) is 26.0 Å². The van der Waals surface area contributed by atoms with Crippen molar-refractivity contribution in [2.45, 2.75) is 44.4 Å². The number of hydrogen-bond acceptors (Lipinski definition) is 6. The molecule has 2 aliphatic rings. The molecule has 0 saturated carbocycles. The van der Waals surface area contributed by atoms with Crippen molar-refractivity contribution in [3.63, 3.8) is 0 Å². The standard InChI is InChI=1S/C14H23N3O3S2/c1-11-9-21-13(15-11)8-17-5-4-14(10-17)7-12(3-6-20-14)16-22(2,18)19/h9,12,16H,3-8,10H2,1-2H3/t12-,14+/m0/s1. The molecule has 2 saturated heterocycles. The Labute approximate surface area is 135 Å². The molecule has 6 nitrogen and oxygen atoms in total. The molecule has 1 spiro atoms. The fraction of sp³-hybridized carbons (Fsp3) is 0.786. The highest BCUT2D eigenvalue weighted by molar-refractivity contribution is 7.88. The molecule has 1 N–H and O–H groups in total. The summed E-state index contributed by atoms with van der Waals surface area (Å²) in [6.45, 7) is 5.32. The summed E-state index contributed by atoms with van der Waals surface area (Å²) in [5.41, 5.74) is 0.868. The van der Waals surface area contributed by atoms with Gasteiger partial charge in [0.25, 0.3) is 0 Å². The predicted octanol–water partition coefficient (Wildman–Crippen LogP) is 1.12. The van der Waals surface area contributed by atoms with Crippen molar-refractivity contribution in [2.24, 2.45) is 0 Å². The van der Waals surface area contributed by atoms with Crippen molar-refractivity contribution < 1.29 is 13.2 Å². The SMILES string of the molecule is Cc1csc(CN2CC[C@@]3(C[C@@H](NS(C)(=O)=O)CCO3)C2)n1. The highest BCUT2D eigenvalue weighted by Gasteiger charge is 2.43. The molecular formula is C14H23N3O3S2. The second-order valence-corrected chi connectivity index (χ2v) is 9.18. The van der Waals surface area contributed by atoms with E-state index in [2.05, 4.69) is 20.0 Å². The fourth-order valence-corrected chi connectivity index (χ4v) is 5.06. The van der Waals surface area contributed by atoms with Gasteiger partial charge in [0.05, 0.1) is 18.4 Å². The Bertz CT molecular complexity index is 631. The van der Waals surface area contributed by atoms with Crippen LogP contribution in [0.1, 0.15) is 30.0 Å². The molecule has 2 aliphatic heterocycles. The predicted molar refractivity (Wildman–Crippen MR) is 86.4 cm³/mol. The number of nitrogens with zero attached hydrogens (tertiary/aromatic N) is 2. The Morgan fingerprint density at radius 3 is 3.09 bits per heavy atom. The van der Waals surface area contributed by atoms with E-state index in [1.807, 2.05) is 6.92 Å². The molecule has 1 aromatic rings. The Balaban J connectivity index is 1.60. The zero-order valence-electron chi connectivity index (χ0n) is 13.0. The van der Waals surface area contributed by atoms with E-state index in [4.69, 9.17) is 4.74 Å². The van der Waals surface area contributed by atoms with Crippen LogP contribution in [0.3, 0.4) is 0 Å². The van der Waals surface area contributed by atoms with Crippen molar-refractivity contribution in [1.82, 2.24) is 14.6 Å². The summed E-state index contributed by atoms with van der Waals surface area (Å²) in [5, 5.41) is 3.21. The number of thiazole rings is 1. The van der Waals surface area contributed by atoms with Crippen LogP contribution in [0.4, 0.5) is 0 Å². The summed E-state index contributed by atoms with van der Waals surface area (Å²) in [6.07, 6.45) is 3.69. The molecule has 0 amide bonds. The molecule has 124 valence electrons. The summed E-state index contributed by atoms with van der Waals surface area (Å²) in [5.74, 6) is 0. The van der Waals surface area contributed by atoms with Crippen LogP contribution in [0, 0.1) is 6.92 Å². The number of sulfonamides is 1. The minimum absolute atomic E-state index is 0.00851. The van der Waals surface area contributed by atoms with Crippen molar-refractivity contribution in [1.29, 1.82) is 0 Å². The van der Waals surface area contributed by atoms with Gasteiger partial charge in [-0.05, 0) is 26.2 Å². The number of aromatic nitrogens is 1. The van der Waals surface area contributed by atoms with E-state index in [9.17, 15) is 8.42 Å². The first-order valence-electron chi connectivity index (χ1n) is 7.58. The van der Waals surface area contributed by atoms with Gasteiger partial charge < -0.3 is 4.74 Å². The highest BCUT2D eigenvalue weighted by Crippen LogP contribution is 2.35. The smallest absolute Gasteiger partial charge is 0.208 e. The van der Waals surface area contributed by atoms with Crippen LogP contribution in [-0.4, -0.2) is 55.9 Å². The Morgan fingerprint density at radius 1 is 1.59 bits per heavy atom. The number of ether oxygens (including phenoxy) is 1. The van der Waals surface area contributed by atoms with E-state index in [1.165, 1.54) is 6.26 Å². The largest absolute Gasteiger partial charge is 0.373 e. The van der Waals surface area contributed by atoms with Gasteiger partial charge in [0.1, 0.15) is 5.01 Å². The minimum atomic E-state index is -3.16. The number of rotatable bonds is 4. The van der Waals surface area contributed by atoms with Gasteiger partial charge in [0.15, 0.2) is 0 Å². The van der Waals surface area contributed by atoms with Gasteiger partial charge >= 0.3 is 0 Å². The van der Waals surface area contributed by atoms with Crippen LogP contribution in [0.2, 0.25) is 0 Å². The van der Waals surface area contributed by atoms with Gasteiger partial charge in [0, 0.05) is 36.8 Å². The lowest BCUT2D eigenvalue weighted by atomic mass is 9.90. The maximum absolute atomic E-state index is 11.4. The lowest BCUT2D eigenvalue weighted by Gasteiger charge is -2.38. The molecule has 0 aliphatic carbocycles. The van der Waals surface area contributed by atoms with E-state index < -0.39 is 10.0 Å². The van der Waals surface area contributed by atoms with Crippen LogP contribution in [0.5, 0.6) is 0 Å². The van der Waals surface area contributed by atoms with Crippen molar-refractivity contribution in [3.8, 4) is 0 Å². The van der Waals surface area contributed by atoms with Crippen LogP contribution < -0.4 is 4.72 Å². The maximum atomic E-state index is 11.4. The third kappa shape index (κ3) is 4.05. The fourth-order valence-electron chi connectivity index (χ4n) is 3.44. The first kappa shape index (κ1) is 16.3. The molecule has 3 rings (SSSR count). The van der Waals surface area contributed by atoms with Gasteiger partial charge in [-0.3, -0.25) is 4.90 Å². The molecule has 3 heterocycles. The van der Waals surface area contributed by atoms with Crippen LogP contribution >= 0.6 is 11.3 Å². The van der Waals surface area contributed by atoms with Crippen LogP contribution in [0.15, 0.2) is 5.38 Å². The third-order valence-corrected chi connectivity index (χ3v) is 6.01. The zero-order chi connectivity index (χ0) is 15.8. The van der Waals surface area contributed by atoms with E-state index in [0.29, 0.717) is 6.61 Å². The molecule has 8 heteroatoms. The number of likely N-dealkylation sites (tertiary alicyclic amines) is 1. The number of aryl methyl sites for hydroxylation is 1. The van der Waals surface area contributed by atoms with Gasteiger partial charge in [-0.2, -0.15) is 0 Å². The molecule has 22 heavy (non-hydrogen) atoms. The average Bonchev–Trinajstić information content (AvgIpc) is 2.96. The van der Waals surface area contributed by atoms with Crippen LogP contribution in [0.25, 0.3) is 0 Å². The van der Waals surface area contributed by atoms with Gasteiger partial charge in [0.2, 0.25) is 10.0 Å². The monoisotopic (exact) mass is 345 g/mol. The summed E-state index contributed by atoms with van der Waals surface area (Å²) in [6, 6.07) is -0.00851. The topological polar surface area (TPSA) is 71.5 Å². The normalized spacial score (nSPS) is 30.2. The maximum Gasteiger partial charge on any atom is 0.208 e. The molecule has 2 fully saturated rings. The number of nitrogens with one attached hydrogen (secondary N) is 1. The molecule has 0 bridgehead atoms. The second kappa shape index (κ2) is 6.16. The van der Waals surface area contributed by atoms with Crippen LogP contribution in [-0.2, 0) is 21.3 Å². The average molecular weight is 345 g/mol. The van der Waals surface area contributed by atoms with E-state index >= 15 is 0 Å². The van der Waals surface area contributed by atoms with Gasteiger partial charge in [-0.1, -0.05) is 0 Å². The lowest BCUT2D eigenvalue weighted by Crippen LogP contribution is -2.49. The van der Waals surface area contributed by atoms with Crippen molar-refractivity contribution >= 4 is 21.4 Å². The summed E-state index contributed by atoms with van der Waals surface area (Å²) in [4.78, 5) is 6.88. The molecule has 1 aromatic heterocycles. The first-order valence-corrected chi connectivity index (χ1v) is 10.4. The lowest BCUT2D eigenvalue weighted by molar-refractivity contribution is -0.0779. The van der Waals surface area contributed by atoms with Crippen molar-refractivity contribution in [3.05, 3.63) is 16.1 Å². The van der Waals surface area contributed by atoms with Gasteiger partial charge in [-0.25, -0.2) is 18.1 Å². The van der Waals surface area contributed by atoms with E-state index in [-0.39, 0.29) is 11.6 Å². The zero-order valence-corrected chi connectivity index (χ0v) is 14.7. The molecular weight excluding hydrogens is 322 g/mol. The molecule has 0 radical (unpaired) electrons. The first-order chi connectivity index (χ1) is 10.3. The molecule has 2 atom stereocenters. The highest BCUT2D eigenvalue weighted by atomic mass is 32.2. The quantitative estimate of drug-likeness (QED) is 0.885. The Hall–Kier alpha value is -0.540. The Kier molecular flexibility index (Phi) is 4.57. The summed E-state index contributed by atoms with van der Waals surface area (Å²) < 4.78 is 31.7. The molecule has 0 unspecified atom stereocenters. The minimum Gasteiger partial charge on any atom is -0.373 e. The number of hydrogen-bond donors (Lipinski definition) is 1. The molecule has 0 aromatic carbocycles. The second-order valence-electron chi connectivity index (χ2n) is 6.45. The van der Waals surface area contributed by atoms with Gasteiger partial charge in [-0.15, -0.1) is 11.3 Å². The van der Waals surface area contributed by atoms with E-state index in [0.717, 1.165) is 49.6 Å². The summed E-state index contributed by atoms with van der Waals surface area (Å²) >= 11 is 1.69. The Morgan fingerprint density at radius 2 is 2.41 bits per heavy atom. The van der Waals surface area contributed by atoms with E-state index in [1.54, 1.807) is 11.3 Å². The summed E-state index contributed by atoms with van der Waals surface area (Å²) in [7, 11) is -3.16. The third-order valence-electron chi connectivity index (χ3n) is 4.29.